The molecule has 0 saturated heterocycles. The molecule has 1 aromatic carbocycles. The van der Waals surface area contributed by atoms with E-state index in [0.29, 0.717) is 0 Å². The Labute approximate surface area is 120 Å². The highest BCUT2D eigenvalue weighted by Gasteiger charge is 2.04. The molecule has 0 bridgehead atoms. The lowest BCUT2D eigenvalue weighted by Crippen LogP contribution is -2.20. The Morgan fingerprint density at radius 2 is 2.05 bits per heavy atom. The minimum Gasteiger partial charge on any atom is -0.346 e. The van der Waals surface area contributed by atoms with E-state index in [-0.39, 0.29) is 0 Å². The van der Waals surface area contributed by atoms with E-state index in [1.165, 1.54) is 23.7 Å². The summed E-state index contributed by atoms with van der Waals surface area (Å²) >= 11 is 6.27. The molecule has 0 amide bonds. The predicted octanol–water partition coefficient (Wildman–Crippen LogP) is 4.32. The summed E-state index contributed by atoms with van der Waals surface area (Å²) in [6, 6.07) is 8.22. The smallest absolute Gasteiger partial charge is 0.0669 e. The van der Waals surface area contributed by atoms with Gasteiger partial charge in [-0.1, -0.05) is 37.6 Å². The number of aryl methyl sites for hydroxylation is 1. The van der Waals surface area contributed by atoms with Crippen LogP contribution in [0.25, 0.3) is 10.9 Å². The normalized spacial score (nSPS) is 11.6. The number of nitrogens with one attached hydrogen (secondary N) is 1. The molecule has 0 spiro atoms. The van der Waals surface area contributed by atoms with Gasteiger partial charge in [-0.2, -0.15) is 0 Å². The molecule has 2 rings (SSSR count). The quantitative estimate of drug-likeness (QED) is 0.747. The van der Waals surface area contributed by atoms with Crippen LogP contribution in [0.3, 0.4) is 0 Å². The third-order valence-electron chi connectivity index (χ3n) is 3.29. The Morgan fingerprint density at radius 1 is 1.21 bits per heavy atom. The van der Waals surface area contributed by atoms with Gasteiger partial charge in [0, 0.05) is 18.1 Å². The van der Waals surface area contributed by atoms with Crippen molar-refractivity contribution in [2.75, 3.05) is 13.1 Å². The molecule has 0 aliphatic heterocycles. The molecule has 19 heavy (non-hydrogen) atoms. The molecule has 0 radical (unpaired) electrons. The minimum atomic E-state index is 0.729. The van der Waals surface area contributed by atoms with E-state index in [2.05, 4.69) is 42.1 Å². The van der Waals surface area contributed by atoms with Crippen LogP contribution in [0, 0.1) is 5.92 Å². The fourth-order valence-corrected chi connectivity index (χ4v) is 2.61. The molecule has 2 aromatic rings. The first-order valence-electron chi connectivity index (χ1n) is 7.12. The van der Waals surface area contributed by atoms with Crippen molar-refractivity contribution in [2.45, 2.75) is 33.2 Å². The van der Waals surface area contributed by atoms with Gasteiger partial charge < -0.3 is 9.88 Å². The third-order valence-corrected chi connectivity index (χ3v) is 3.60. The monoisotopic (exact) mass is 278 g/mol. The maximum Gasteiger partial charge on any atom is 0.0669 e. The van der Waals surface area contributed by atoms with E-state index in [1.54, 1.807) is 0 Å². The van der Waals surface area contributed by atoms with Crippen LogP contribution in [0.5, 0.6) is 0 Å². The molecule has 0 atom stereocenters. The Hall–Kier alpha value is -0.990. The van der Waals surface area contributed by atoms with E-state index >= 15 is 0 Å². The zero-order valence-corrected chi connectivity index (χ0v) is 12.6. The van der Waals surface area contributed by atoms with E-state index in [1.807, 2.05) is 12.1 Å². The highest BCUT2D eigenvalue weighted by Crippen LogP contribution is 2.24. The molecule has 1 aromatic heterocycles. The fraction of sp³-hybridized carbons (Fsp3) is 0.500. The van der Waals surface area contributed by atoms with Crippen molar-refractivity contribution in [3.63, 3.8) is 0 Å². The van der Waals surface area contributed by atoms with Crippen LogP contribution in [0.2, 0.25) is 5.02 Å². The SMILES string of the molecule is CC(C)CNCCCCn1ccc2cccc(Cl)c21. The van der Waals surface area contributed by atoms with Crippen LogP contribution in [0.1, 0.15) is 26.7 Å². The van der Waals surface area contributed by atoms with Crippen molar-refractivity contribution in [3.05, 3.63) is 35.5 Å². The number of fused-ring (bicyclic) bond motifs is 1. The zero-order valence-electron chi connectivity index (χ0n) is 11.8. The summed E-state index contributed by atoms with van der Waals surface area (Å²) in [5, 5.41) is 5.55. The van der Waals surface area contributed by atoms with Gasteiger partial charge in [-0.15, -0.1) is 0 Å². The predicted molar refractivity (Wildman–Crippen MR) is 83.9 cm³/mol. The number of aromatic nitrogens is 1. The van der Waals surface area contributed by atoms with Gasteiger partial charge in [0.1, 0.15) is 0 Å². The van der Waals surface area contributed by atoms with Gasteiger partial charge >= 0.3 is 0 Å². The zero-order chi connectivity index (χ0) is 13.7. The Kier molecular flexibility index (Phi) is 5.29. The van der Waals surface area contributed by atoms with E-state index in [4.69, 9.17) is 11.6 Å². The van der Waals surface area contributed by atoms with Crippen molar-refractivity contribution in [1.82, 2.24) is 9.88 Å². The van der Waals surface area contributed by atoms with Gasteiger partial charge in [0.2, 0.25) is 0 Å². The van der Waals surface area contributed by atoms with Gasteiger partial charge in [0.05, 0.1) is 10.5 Å². The standard InChI is InChI=1S/C16H23ClN2/c1-13(2)12-18-9-3-4-10-19-11-8-14-6-5-7-15(17)16(14)19/h5-8,11,13,18H,3-4,9-10,12H2,1-2H3. The van der Waals surface area contributed by atoms with Crippen molar-refractivity contribution in [2.24, 2.45) is 5.92 Å². The van der Waals surface area contributed by atoms with Crippen molar-refractivity contribution < 1.29 is 0 Å². The second-order valence-corrected chi connectivity index (χ2v) is 5.90. The highest BCUT2D eigenvalue weighted by molar-refractivity contribution is 6.35. The lowest BCUT2D eigenvalue weighted by atomic mass is 10.2. The topological polar surface area (TPSA) is 17.0 Å². The lowest BCUT2D eigenvalue weighted by Gasteiger charge is -2.09. The number of hydrogen-bond acceptors (Lipinski definition) is 1. The Bertz CT molecular complexity index is 516. The molecular weight excluding hydrogens is 256 g/mol. The molecular formula is C16H23ClN2. The molecule has 3 heteroatoms. The van der Waals surface area contributed by atoms with Gasteiger partial charge in [-0.3, -0.25) is 0 Å². The summed E-state index contributed by atoms with van der Waals surface area (Å²) in [5.74, 6) is 0.729. The van der Waals surface area contributed by atoms with Crippen LogP contribution in [-0.4, -0.2) is 17.7 Å². The maximum absolute atomic E-state index is 6.27. The third kappa shape index (κ3) is 3.99. The number of unbranched alkanes of at least 4 members (excludes halogenated alkanes) is 1. The number of halogens is 1. The molecule has 0 saturated carbocycles. The van der Waals surface area contributed by atoms with Crippen LogP contribution < -0.4 is 5.32 Å². The van der Waals surface area contributed by atoms with Crippen LogP contribution >= 0.6 is 11.6 Å². The van der Waals surface area contributed by atoms with Crippen molar-refractivity contribution in [3.8, 4) is 0 Å². The number of benzene rings is 1. The number of hydrogen-bond donors (Lipinski definition) is 1. The van der Waals surface area contributed by atoms with Crippen LogP contribution in [0.15, 0.2) is 30.5 Å². The molecule has 2 nitrogen and oxygen atoms in total. The molecule has 1 heterocycles. The van der Waals surface area contributed by atoms with E-state index < -0.39 is 0 Å². The van der Waals surface area contributed by atoms with Crippen LogP contribution in [-0.2, 0) is 6.54 Å². The minimum absolute atomic E-state index is 0.729. The van der Waals surface area contributed by atoms with E-state index in [9.17, 15) is 0 Å². The average molecular weight is 279 g/mol. The number of rotatable bonds is 7. The first-order chi connectivity index (χ1) is 9.18. The lowest BCUT2D eigenvalue weighted by molar-refractivity contribution is 0.522. The van der Waals surface area contributed by atoms with Crippen molar-refractivity contribution >= 4 is 22.5 Å². The summed E-state index contributed by atoms with van der Waals surface area (Å²) in [4.78, 5) is 0. The Balaban J connectivity index is 1.82. The molecule has 0 unspecified atom stereocenters. The molecule has 0 fully saturated rings. The Morgan fingerprint density at radius 3 is 2.84 bits per heavy atom. The highest BCUT2D eigenvalue weighted by atomic mass is 35.5. The summed E-state index contributed by atoms with van der Waals surface area (Å²) in [6.45, 7) is 7.72. The van der Waals surface area contributed by atoms with Gasteiger partial charge in [-0.25, -0.2) is 0 Å². The molecule has 1 N–H and O–H groups in total. The molecule has 0 aliphatic carbocycles. The van der Waals surface area contributed by atoms with Gasteiger partial charge in [0.25, 0.3) is 0 Å². The summed E-state index contributed by atoms with van der Waals surface area (Å²) in [7, 11) is 0. The number of nitrogens with zero attached hydrogens (tertiary/aromatic N) is 1. The summed E-state index contributed by atoms with van der Waals surface area (Å²) in [6.07, 6.45) is 4.52. The van der Waals surface area contributed by atoms with Crippen LogP contribution in [0.4, 0.5) is 0 Å². The van der Waals surface area contributed by atoms with Gasteiger partial charge in [-0.05, 0) is 44.0 Å². The number of para-hydroxylation sites is 1. The first kappa shape index (κ1) is 14.4. The second kappa shape index (κ2) is 6.97. The summed E-state index contributed by atoms with van der Waals surface area (Å²) < 4.78 is 2.26. The average Bonchev–Trinajstić information content (AvgIpc) is 2.78. The second-order valence-electron chi connectivity index (χ2n) is 5.49. The van der Waals surface area contributed by atoms with Crippen molar-refractivity contribution in [1.29, 1.82) is 0 Å². The molecule has 0 aliphatic rings. The first-order valence-corrected chi connectivity index (χ1v) is 7.50. The maximum atomic E-state index is 6.27. The largest absolute Gasteiger partial charge is 0.346 e. The van der Waals surface area contributed by atoms with Gasteiger partial charge in [0.15, 0.2) is 0 Å². The summed E-state index contributed by atoms with van der Waals surface area (Å²) in [5.41, 5.74) is 1.17. The molecule has 104 valence electrons. The fourth-order valence-electron chi connectivity index (χ4n) is 2.32. The van der Waals surface area contributed by atoms with E-state index in [0.717, 1.165) is 30.6 Å².